The molecule has 0 fully saturated rings. The molecule has 0 saturated carbocycles. The van der Waals surface area contributed by atoms with Crippen molar-refractivity contribution in [3.8, 4) is 0 Å². The molecular weight excluding hydrogens is 252 g/mol. The molecular formula is C16H18N2O2. The fourth-order valence-electron chi connectivity index (χ4n) is 2.01. The SMILES string of the molecule is CC(=O)c1ccc(N(CCO)Cc2ccccc2)cn1. The summed E-state index contributed by atoms with van der Waals surface area (Å²) >= 11 is 0. The number of aliphatic hydroxyl groups is 1. The van der Waals surface area contributed by atoms with Gasteiger partial charge in [0, 0.05) is 20.0 Å². The molecule has 20 heavy (non-hydrogen) atoms. The third kappa shape index (κ3) is 3.65. The summed E-state index contributed by atoms with van der Waals surface area (Å²) in [5.41, 5.74) is 2.52. The van der Waals surface area contributed by atoms with Gasteiger partial charge in [-0.1, -0.05) is 30.3 Å². The van der Waals surface area contributed by atoms with Crippen LogP contribution in [0.1, 0.15) is 23.0 Å². The molecule has 1 aromatic carbocycles. The fourth-order valence-corrected chi connectivity index (χ4v) is 2.01. The Kier molecular flexibility index (Phi) is 4.85. The van der Waals surface area contributed by atoms with E-state index >= 15 is 0 Å². The summed E-state index contributed by atoms with van der Waals surface area (Å²) in [6.07, 6.45) is 1.68. The zero-order valence-corrected chi connectivity index (χ0v) is 11.5. The number of nitrogens with zero attached hydrogens (tertiary/aromatic N) is 2. The van der Waals surface area contributed by atoms with Crippen molar-refractivity contribution in [2.75, 3.05) is 18.1 Å². The van der Waals surface area contributed by atoms with Crippen LogP contribution < -0.4 is 4.90 Å². The molecule has 2 aromatic rings. The molecule has 1 N–H and O–H groups in total. The standard InChI is InChI=1S/C16H18N2O2/c1-13(20)16-8-7-15(11-17-16)18(9-10-19)12-14-5-3-2-4-6-14/h2-8,11,19H,9-10,12H2,1H3. The van der Waals surface area contributed by atoms with Crippen molar-refractivity contribution < 1.29 is 9.90 Å². The average Bonchev–Trinajstić information content (AvgIpc) is 2.48. The Morgan fingerprint density at radius 1 is 1.20 bits per heavy atom. The molecule has 0 amide bonds. The molecule has 0 atom stereocenters. The summed E-state index contributed by atoms with van der Waals surface area (Å²) in [7, 11) is 0. The summed E-state index contributed by atoms with van der Waals surface area (Å²) in [5.74, 6) is -0.0479. The first kappa shape index (κ1) is 14.2. The lowest BCUT2D eigenvalue weighted by atomic mass is 10.2. The first-order chi connectivity index (χ1) is 9.70. The van der Waals surface area contributed by atoms with E-state index in [1.54, 1.807) is 12.3 Å². The monoisotopic (exact) mass is 270 g/mol. The van der Waals surface area contributed by atoms with Crippen molar-refractivity contribution in [3.05, 3.63) is 59.9 Å². The maximum absolute atomic E-state index is 11.2. The number of benzene rings is 1. The van der Waals surface area contributed by atoms with Gasteiger partial charge in [0.25, 0.3) is 0 Å². The van der Waals surface area contributed by atoms with E-state index < -0.39 is 0 Å². The summed E-state index contributed by atoms with van der Waals surface area (Å²) in [6, 6.07) is 13.6. The highest BCUT2D eigenvalue weighted by molar-refractivity contribution is 5.92. The Bertz CT molecular complexity index is 552. The molecule has 0 unspecified atom stereocenters. The number of carbonyl (C=O) groups excluding carboxylic acids is 1. The van der Waals surface area contributed by atoms with Crippen LogP contribution in [0, 0.1) is 0 Å². The molecule has 4 nitrogen and oxygen atoms in total. The van der Waals surface area contributed by atoms with Crippen LogP contribution in [0.3, 0.4) is 0 Å². The third-order valence-corrected chi connectivity index (χ3v) is 3.06. The summed E-state index contributed by atoms with van der Waals surface area (Å²) < 4.78 is 0. The van der Waals surface area contributed by atoms with Crippen molar-refractivity contribution in [3.63, 3.8) is 0 Å². The Morgan fingerprint density at radius 3 is 2.50 bits per heavy atom. The zero-order valence-electron chi connectivity index (χ0n) is 11.5. The normalized spacial score (nSPS) is 10.3. The molecule has 0 bridgehead atoms. The van der Waals surface area contributed by atoms with Gasteiger partial charge in [-0.2, -0.15) is 0 Å². The van der Waals surface area contributed by atoms with Gasteiger partial charge in [-0.25, -0.2) is 0 Å². The molecule has 1 aromatic heterocycles. The largest absolute Gasteiger partial charge is 0.395 e. The lowest BCUT2D eigenvalue weighted by Gasteiger charge is -2.23. The van der Waals surface area contributed by atoms with Gasteiger partial charge < -0.3 is 10.0 Å². The summed E-state index contributed by atoms with van der Waals surface area (Å²) in [4.78, 5) is 17.4. The second kappa shape index (κ2) is 6.82. The highest BCUT2D eigenvalue weighted by atomic mass is 16.3. The molecule has 0 aliphatic carbocycles. The highest BCUT2D eigenvalue weighted by Gasteiger charge is 2.08. The van der Waals surface area contributed by atoms with Gasteiger partial charge in [0.1, 0.15) is 5.69 Å². The van der Waals surface area contributed by atoms with Crippen LogP contribution in [0.25, 0.3) is 0 Å². The summed E-state index contributed by atoms with van der Waals surface area (Å²) in [6.45, 7) is 2.79. The van der Waals surface area contributed by atoms with Gasteiger partial charge in [0.15, 0.2) is 5.78 Å². The van der Waals surface area contributed by atoms with Crippen LogP contribution in [0.2, 0.25) is 0 Å². The van der Waals surface area contributed by atoms with Crippen LogP contribution in [0.5, 0.6) is 0 Å². The van der Waals surface area contributed by atoms with E-state index in [-0.39, 0.29) is 12.4 Å². The number of carbonyl (C=O) groups is 1. The topological polar surface area (TPSA) is 53.4 Å². The lowest BCUT2D eigenvalue weighted by molar-refractivity contribution is 0.101. The molecule has 104 valence electrons. The Balaban J connectivity index is 2.17. The number of aromatic nitrogens is 1. The Morgan fingerprint density at radius 2 is 1.95 bits per heavy atom. The number of hydrogen-bond donors (Lipinski definition) is 1. The average molecular weight is 270 g/mol. The minimum atomic E-state index is -0.0479. The number of anilines is 1. The number of rotatable bonds is 6. The van der Waals surface area contributed by atoms with E-state index in [1.165, 1.54) is 6.92 Å². The van der Waals surface area contributed by atoms with E-state index in [9.17, 15) is 9.90 Å². The highest BCUT2D eigenvalue weighted by Crippen LogP contribution is 2.16. The Labute approximate surface area is 118 Å². The minimum absolute atomic E-state index is 0.0479. The molecule has 0 aliphatic heterocycles. The number of ketones is 1. The van der Waals surface area contributed by atoms with E-state index in [0.29, 0.717) is 18.8 Å². The second-order valence-electron chi connectivity index (χ2n) is 4.59. The predicted octanol–water partition coefficient (Wildman–Crippen LogP) is 2.28. The van der Waals surface area contributed by atoms with Crippen LogP contribution in [0.15, 0.2) is 48.7 Å². The van der Waals surface area contributed by atoms with Crippen molar-refractivity contribution in [1.82, 2.24) is 4.98 Å². The van der Waals surface area contributed by atoms with Crippen molar-refractivity contribution in [2.45, 2.75) is 13.5 Å². The van der Waals surface area contributed by atoms with Crippen LogP contribution in [0.4, 0.5) is 5.69 Å². The van der Waals surface area contributed by atoms with Crippen molar-refractivity contribution >= 4 is 11.5 Å². The lowest BCUT2D eigenvalue weighted by Crippen LogP contribution is -2.26. The molecule has 2 rings (SSSR count). The van der Waals surface area contributed by atoms with E-state index in [2.05, 4.69) is 4.98 Å². The first-order valence-electron chi connectivity index (χ1n) is 6.57. The first-order valence-corrected chi connectivity index (χ1v) is 6.57. The predicted molar refractivity (Wildman–Crippen MR) is 78.8 cm³/mol. The Hall–Kier alpha value is -2.20. The smallest absolute Gasteiger partial charge is 0.178 e. The van der Waals surface area contributed by atoms with E-state index in [1.807, 2.05) is 41.3 Å². The molecule has 0 radical (unpaired) electrons. The van der Waals surface area contributed by atoms with Crippen LogP contribution in [-0.2, 0) is 6.54 Å². The van der Waals surface area contributed by atoms with Gasteiger partial charge in [-0.15, -0.1) is 0 Å². The fraction of sp³-hybridized carbons (Fsp3) is 0.250. The molecule has 4 heteroatoms. The van der Waals surface area contributed by atoms with Gasteiger partial charge in [-0.05, 0) is 17.7 Å². The quantitative estimate of drug-likeness (QED) is 0.818. The van der Waals surface area contributed by atoms with Gasteiger partial charge in [0.05, 0.1) is 18.5 Å². The van der Waals surface area contributed by atoms with E-state index in [0.717, 1.165) is 11.3 Å². The van der Waals surface area contributed by atoms with E-state index in [4.69, 9.17) is 0 Å². The van der Waals surface area contributed by atoms with Crippen LogP contribution in [-0.4, -0.2) is 29.0 Å². The maximum atomic E-state index is 11.2. The number of pyridine rings is 1. The van der Waals surface area contributed by atoms with Crippen molar-refractivity contribution in [2.24, 2.45) is 0 Å². The third-order valence-electron chi connectivity index (χ3n) is 3.06. The maximum Gasteiger partial charge on any atom is 0.178 e. The molecule has 0 aliphatic rings. The molecule has 0 saturated heterocycles. The number of Topliss-reactive ketones (excluding diaryl/α,β-unsaturated/α-hetero) is 1. The molecule has 0 spiro atoms. The van der Waals surface area contributed by atoms with Crippen LogP contribution >= 0.6 is 0 Å². The summed E-state index contributed by atoms with van der Waals surface area (Å²) in [5, 5.41) is 9.20. The van der Waals surface area contributed by atoms with Gasteiger partial charge >= 0.3 is 0 Å². The number of hydrogen-bond acceptors (Lipinski definition) is 4. The second-order valence-corrected chi connectivity index (χ2v) is 4.59. The molecule has 1 heterocycles. The minimum Gasteiger partial charge on any atom is -0.395 e. The van der Waals surface area contributed by atoms with Gasteiger partial charge in [0.2, 0.25) is 0 Å². The zero-order chi connectivity index (χ0) is 14.4. The number of aliphatic hydroxyl groups excluding tert-OH is 1. The van der Waals surface area contributed by atoms with Gasteiger partial charge in [-0.3, -0.25) is 9.78 Å². The van der Waals surface area contributed by atoms with Crippen molar-refractivity contribution in [1.29, 1.82) is 0 Å².